The van der Waals surface area contributed by atoms with Crippen molar-refractivity contribution < 1.29 is 17.6 Å². The van der Waals surface area contributed by atoms with Crippen LogP contribution in [-0.4, -0.2) is 43.8 Å². The fourth-order valence-corrected chi connectivity index (χ4v) is 3.53. The van der Waals surface area contributed by atoms with Gasteiger partial charge in [0.25, 0.3) is 5.91 Å². The molecular weight excluding hydrogens is 332 g/mol. The fourth-order valence-electron chi connectivity index (χ4n) is 2.81. The van der Waals surface area contributed by atoms with Crippen molar-refractivity contribution in [2.45, 2.75) is 17.9 Å². The van der Waals surface area contributed by atoms with Gasteiger partial charge in [-0.1, -0.05) is 6.07 Å². The predicted octanol–water partition coefficient (Wildman–Crippen LogP) is 0.417. The predicted molar refractivity (Wildman–Crippen MR) is 85.7 cm³/mol. The highest BCUT2D eigenvalue weighted by atomic mass is 32.2. The summed E-state index contributed by atoms with van der Waals surface area (Å²) in [7, 11) is -3.93. The van der Waals surface area contributed by atoms with Gasteiger partial charge >= 0.3 is 0 Å². The molecule has 3 rings (SSSR count). The molecule has 0 aromatic carbocycles. The number of sulfonamides is 1. The maximum Gasteiger partial charge on any atom is 0.290 e. The molecule has 1 atom stereocenters. The zero-order valence-electron chi connectivity index (χ0n) is 13.1. The molecule has 128 valence electrons. The molecule has 3 N–H and O–H groups in total. The molecule has 2 aromatic heterocycles. The van der Waals surface area contributed by atoms with Gasteiger partial charge in [0.1, 0.15) is 10.7 Å². The second-order valence-corrected chi connectivity index (χ2v) is 7.11. The average Bonchev–Trinajstić information content (AvgIpc) is 2.97. The van der Waals surface area contributed by atoms with Crippen LogP contribution in [0.25, 0.3) is 0 Å². The molecular formula is C15H18N4O4S. The van der Waals surface area contributed by atoms with E-state index in [9.17, 15) is 13.2 Å². The summed E-state index contributed by atoms with van der Waals surface area (Å²) in [6.07, 6.45) is 3.38. The summed E-state index contributed by atoms with van der Waals surface area (Å²) in [5.74, 6) is -0.301. The lowest BCUT2D eigenvalue weighted by Gasteiger charge is -2.35. The van der Waals surface area contributed by atoms with Crippen LogP contribution < -0.4 is 10.5 Å². The molecule has 2 aromatic rings. The molecule has 0 radical (unpaired) electrons. The summed E-state index contributed by atoms with van der Waals surface area (Å²) in [4.78, 5) is 18.4. The molecule has 0 bridgehead atoms. The van der Waals surface area contributed by atoms with E-state index in [1.54, 1.807) is 17.3 Å². The highest BCUT2D eigenvalue weighted by molar-refractivity contribution is 7.89. The summed E-state index contributed by atoms with van der Waals surface area (Å²) >= 11 is 0. The van der Waals surface area contributed by atoms with E-state index in [-0.39, 0.29) is 28.4 Å². The maximum atomic E-state index is 12.8. The van der Waals surface area contributed by atoms with E-state index < -0.39 is 10.0 Å². The molecule has 24 heavy (non-hydrogen) atoms. The summed E-state index contributed by atoms with van der Waals surface area (Å²) in [6, 6.07) is 4.69. The number of nitrogens with zero attached hydrogens (tertiary/aromatic N) is 2. The molecule has 1 unspecified atom stereocenters. The molecule has 3 heterocycles. The SMILES string of the molecule is Cc1oc(C(=O)N2CCNCC2c2cccnc2)cc1S(N)(=O)=O. The van der Waals surface area contributed by atoms with Crippen LogP contribution in [0.2, 0.25) is 0 Å². The second-order valence-electron chi connectivity index (χ2n) is 5.58. The summed E-state index contributed by atoms with van der Waals surface area (Å²) in [5, 5.41) is 8.38. The molecule has 9 heteroatoms. The van der Waals surface area contributed by atoms with Crippen molar-refractivity contribution in [1.29, 1.82) is 0 Å². The van der Waals surface area contributed by atoms with Crippen LogP contribution in [0.5, 0.6) is 0 Å². The minimum absolute atomic E-state index is 0.0349. The number of aromatic nitrogens is 1. The van der Waals surface area contributed by atoms with Crippen LogP contribution in [0.1, 0.15) is 27.9 Å². The van der Waals surface area contributed by atoms with Gasteiger partial charge in [0, 0.05) is 38.1 Å². The third-order valence-corrected chi connectivity index (χ3v) is 4.98. The van der Waals surface area contributed by atoms with Crippen LogP contribution in [0.15, 0.2) is 39.9 Å². The van der Waals surface area contributed by atoms with E-state index in [0.29, 0.717) is 19.6 Å². The molecule has 8 nitrogen and oxygen atoms in total. The Bertz CT molecular complexity index is 848. The monoisotopic (exact) mass is 350 g/mol. The van der Waals surface area contributed by atoms with Crippen LogP contribution in [-0.2, 0) is 10.0 Å². The topological polar surface area (TPSA) is 119 Å². The summed E-state index contributed by atoms with van der Waals surface area (Å²) in [6.45, 7) is 3.17. The average molecular weight is 350 g/mol. The van der Waals surface area contributed by atoms with Crippen molar-refractivity contribution >= 4 is 15.9 Å². The fraction of sp³-hybridized carbons (Fsp3) is 0.333. The van der Waals surface area contributed by atoms with Crippen molar-refractivity contribution in [2.24, 2.45) is 5.14 Å². The van der Waals surface area contributed by atoms with Gasteiger partial charge in [-0.2, -0.15) is 0 Å². The van der Waals surface area contributed by atoms with Crippen molar-refractivity contribution in [3.8, 4) is 0 Å². The third-order valence-electron chi connectivity index (χ3n) is 3.96. The normalized spacial score (nSPS) is 18.6. The van der Waals surface area contributed by atoms with Crippen LogP contribution in [0.3, 0.4) is 0 Å². The first-order valence-electron chi connectivity index (χ1n) is 7.43. The van der Waals surface area contributed by atoms with Crippen LogP contribution in [0.4, 0.5) is 0 Å². The van der Waals surface area contributed by atoms with E-state index in [0.717, 1.165) is 5.56 Å². The lowest BCUT2D eigenvalue weighted by molar-refractivity contribution is 0.0600. The van der Waals surface area contributed by atoms with Gasteiger partial charge in [0.2, 0.25) is 10.0 Å². The summed E-state index contributed by atoms with van der Waals surface area (Å²) < 4.78 is 28.4. The minimum Gasteiger partial charge on any atom is -0.455 e. The van der Waals surface area contributed by atoms with Crippen molar-refractivity contribution in [3.05, 3.63) is 47.7 Å². The lowest BCUT2D eigenvalue weighted by Crippen LogP contribution is -2.48. The van der Waals surface area contributed by atoms with E-state index in [2.05, 4.69) is 10.3 Å². The highest BCUT2D eigenvalue weighted by Gasteiger charge is 2.31. The number of hydrogen-bond acceptors (Lipinski definition) is 6. The van der Waals surface area contributed by atoms with E-state index >= 15 is 0 Å². The molecule has 0 spiro atoms. The van der Waals surface area contributed by atoms with Gasteiger partial charge in [-0.25, -0.2) is 13.6 Å². The van der Waals surface area contributed by atoms with Crippen molar-refractivity contribution in [3.63, 3.8) is 0 Å². The Labute approximate surface area is 139 Å². The lowest BCUT2D eigenvalue weighted by atomic mass is 10.1. The number of nitrogens with two attached hydrogens (primary N) is 1. The first-order valence-corrected chi connectivity index (χ1v) is 8.97. The van der Waals surface area contributed by atoms with Gasteiger partial charge in [0.15, 0.2) is 5.76 Å². The number of primary sulfonamides is 1. The number of pyridine rings is 1. The van der Waals surface area contributed by atoms with Gasteiger partial charge in [-0.3, -0.25) is 9.78 Å². The Morgan fingerprint density at radius 3 is 2.92 bits per heavy atom. The van der Waals surface area contributed by atoms with Crippen LogP contribution in [0, 0.1) is 6.92 Å². The Morgan fingerprint density at radius 1 is 1.50 bits per heavy atom. The number of piperazine rings is 1. The molecule has 1 saturated heterocycles. The van der Waals surface area contributed by atoms with Crippen molar-refractivity contribution in [1.82, 2.24) is 15.2 Å². The number of carbonyl (C=O) groups is 1. The first kappa shape index (κ1) is 16.6. The van der Waals surface area contributed by atoms with Gasteiger partial charge in [-0.15, -0.1) is 0 Å². The smallest absolute Gasteiger partial charge is 0.290 e. The molecule has 0 saturated carbocycles. The summed E-state index contributed by atoms with van der Waals surface area (Å²) in [5.41, 5.74) is 0.896. The minimum atomic E-state index is -3.93. The standard InChI is InChI=1S/C15H18N4O4S/c1-10-14(24(16,21)22)7-13(23-10)15(20)19-6-5-18-9-12(19)11-3-2-4-17-8-11/h2-4,7-8,12,18H,5-6,9H2,1H3,(H2,16,21,22). The molecule has 1 fully saturated rings. The van der Waals surface area contributed by atoms with Crippen LogP contribution >= 0.6 is 0 Å². The van der Waals surface area contributed by atoms with E-state index in [1.165, 1.54) is 13.0 Å². The van der Waals surface area contributed by atoms with Gasteiger partial charge < -0.3 is 14.6 Å². The van der Waals surface area contributed by atoms with Crippen molar-refractivity contribution in [2.75, 3.05) is 19.6 Å². The second kappa shape index (κ2) is 6.34. The number of furan rings is 1. The Balaban J connectivity index is 1.93. The largest absolute Gasteiger partial charge is 0.455 e. The Kier molecular flexibility index (Phi) is 4.39. The first-order chi connectivity index (χ1) is 11.4. The molecule has 1 amide bonds. The molecule has 1 aliphatic heterocycles. The highest BCUT2D eigenvalue weighted by Crippen LogP contribution is 2.26. The van der Waals surface area contributed by atoms with E-state index in [4.69, 9.17) is 9.56 Å². The zero-order valence-corrected chi connectivity index (χ0v) is 13.9. The zero-order chi connectivity index (χ0) is 17.3. The number of rotatable bonds is 3. The number of hydrogen-bond donors (Lipinski definition) is 2. The third kappa shape index (κ3) is 3.18. The molecule has 1 aliphatic rings. The Morgan fingerprint density at radius 2 is 2.29 bits per heavy atom. The molecule has 0 aliphatic carbocycles. The Hall–Kier alpha value is -2.23. The number of aryl methyl sites for hydroxylation is 1. The van der Waals surface area contributed by atoms with Gasteiger partial charge in [-0.05, 0) is 18.6 Å². The quantitative estimate of drug-likeness (QED) is 0.828. The number of amides is 1. The van der Waals surface area contributed by atoms with Gasteiger partial charge in [0.05, 0.1) is 6.04 Å². The maximum absolute atomic E-state index is 12.8. The van der Waals surface area contributed by atoms with E-state index in [1.807, 2.05) is 12.1 Å². The number of nitrogens with one attached hydrogen (secondary N) is 1. The number of carbonyl (C=O) groups excluding carboxylic acids is 1.